The van der Waals surface area contributed by atoms with Crippen LogP contribution >= 0.6 is 0 Å². The fourth-order valence-electron chi connectivity index (χ4n) is 3.13. The van der Waals surface area contributed by atoms with Crippen molar-refractivity contribution in [2.24, 2.45) is 4.99 Å². The van der Waals surface area contributed by atoms with Crippen molar-refractivity contribution in [1.29, 1.82) is 0 Å². The topological polar surface area (TPSA) is 93.8 Å². The van der Waals surface area contributed by atoms with Crippen molar-refractivity contribution in [2.45, 2.75) is 46.8 Å². The van der Waals surface area contributed by atoms with Crippen LogP contribution in [0.4, 0.5) is 5.69 Å². The Bertz CT molecular complexity index is 1030. The number of nitrogens with one attached hydrogen (secondary N) is 2. The first-order chi connectivity index (χ1) is 15.4. The maximum atomic E-state index is 5.71. The van der Waals surface area contributed by atoms with Crippen LogP contribution in [0.25, 0.3) is 0 Å². The van der Waals surface area contributed by atoms with E-state index in [4.69, 9.17) is 14.0 Å². The first-order valence-electron chi connectivity index (χ1n) is 10.7. The minimum atomic E-state index is 0.129. The van der Waals surface area contributed by atoms with Gasteiger partial charge in [-0.1, -0.05) is 22.9 Å². The molecule has 3 rings (SSSR count). The van der Waals surface area contributed by atoms with Crippen molar-refractivity contribution < 1.29 is 14.0 Å². The molecule has 0 spiro atoms. The number of guanidine groups is 1. The predicted molar refractivity (Wildman–Crippen MR) is 125 cm³/mol. The molecule has 32 heavy (non-hydrogen) atoms. The Balaban J connectivity index is 1.68. The fourth-order valence-corrected chi connectivity index (χ4v) is 3.13. The molecule has 0 amide bonds. The normalized spacial score (nSPS) is 11.5. The van der Waals surface area contributed by atoms with Gasteiger partial charge in [-0.05, 0) is 70.0 Å². The van der Waals surface area contributed by atoms with Crippen LogP contribution in [0.3, 0.4) is 0 Å². The van der Waals surface area contributed by atoms with Crippen LogP contribution < -0.4 is 20.1 Å². The summed E-state index contributed by atoms with van der Waals surface area (Å²) in [6.45, 7) is 8.81. The van der Waals surface area contributed by atoms with Crippen LogP contribution in [0.1, 0.15) is 36.7 Å². The average Bonchev–Trinajstić information content (AvgIpc) is 3.18. The number of aryl methyl sites for hydroxylation is 2. The number of ether oxygens (including phenoxy) is 2. The van der Waals surface area contributed by atoms with Crippen LogP contribution in [-0.2, 0) is 13.0 Å². The van der Waals surface area contributed by atoms with E-state index in [0.29, 0.717) is 24.2 Å². The number of anilines is 1. The minimum absolute atomic E-state index is 0.129. The Morgan fingerprint density at radius 2 is 1.91 bits per heavy atom. The predicted octanol–water partition coefficient (Wildman–Crippen LogP) is 4.28. The van der Waals surface area contributed by atoms with Crippen LogP contribution in [0.15, 0.2) is 52.0 Å². The monoisotopic (exact) mass is 437 g/mol. The number of aromatic nitrogens is 2. The third-order valence-electron chi connectivity index (χ3n) is 4.55. The second kappa shape index (κ2) is 11.2. The Kier molecular flexibility index (Phi) is 8.08. The molecule has 0 aliphatic heterocycles. The van der Waals surface area contributed by atoms with Gasteiger partial charge in [0.05, 0.1) is 13.2 Å². The third-order valence-corrected chi connectivity index (χ3v) is 4.55. The minimum Gasteiger partial charge on any atom is -0.496 e. The van der Waals surface area contributed by atoms with Gasteiger partial charge >= 0.3 is 0 Å². The summed E-state index contributed by atoms with van der Waals surface area (Å²) in [6.07, 6.45) is 0.913. The molecule has 0 atom stereocenters. The lowest BCUT2D eigenvalue weighted by atomic mass is 10.1. The summed E-state index contributed by atoms with van der Waals surface area (Å²) in [6, 6.07) is 13.9. The van der Waals surface area contributed by atoms with E-state index in [1.165, 1.54) is 5.56 Å². The highest BCUT2D eigenvalue weighted by molar-refractivity contribution is 5.93. The molecular formula is C24H31N5O3. The summed E-state index contributed by atoms with van der Waals surface area (Å²) in [4.78, 5) is 8.82. The zero-order valence-corrected chi connectivity index (χ0v) is 19.3. The van der Waals surface area contributed by atoms with Gasteiger partial charge in [0, 0.05) is 12.2 Å². The Morgan fingerprint density at radius 1 is 1.12 bits per heavy atom. The van der Waals surface area contributed by atoms with E-state index in [2.05, 4.69) is 38.8 Å². The number of benzene rings is 2. The van der Waals surface area contributed by atoms with E-state index in [-0.39, 0.29) is 12.6 Å². The summed E-state index contributed by atoms with van der Waals surface area (Å²) in [5.41, 5.74) is 3.23. The third kappa shape index (κ3) is 7.01. The van der Waals surface area contributed by atoms with Gasteiger partial charge in [0.25, 0.3) is 0 Å². The standard InChI is InChI=1S/C24H31N5O3/c1-16(2)31-21-9-7-20(8-10-21)28-24(26-15-23-27-18(4)29-32-23)25-13-12-19-14-17(3)6-11-22(19)30-5/h6-11,14,16H,12-13,15H2,1-5H3,(H2,25,26,28). The van der Waals surface area contributed by atoms with E-state index in [9.17, 15) is 0 Å². The van der Waals surface area contributed by atoms with Gasteiger partial charge in [0.1, 0.15) is 18.0 Å². The number of hydrogen-bond acceptors (Lipinski definition) is 6. The zero-order valence-electron chi connectivity index (χ0n) is 19.3. The lowest BCUT2D eigenvalue weighted by Gasteiger charge is -2.15. The molecule has 0 saturated carbocycles. The highest BCUT2D eigenvalue weighted by atomic mass is 16.5. The number of aliphatic imine (C=N–C) groups is 1. The number of hydrogen-bond donors (Lipinski definition) is 2. The van der Waals surface area contributed by atoms with Gasteiger partial charge in [0.15, 0.2) is 11.8 Å². The molecular weight excluding hydrogens is 406 g/mol. The first kappa shape index (κ1) is 23.1. The van der Waals surface area contributed by atoms with E-state index in [1.807, 2.05) is 50.2 Å². The zero-order chi connectivity index (χ0) is 22.9. The van der Waals surface area contributed by atoms with Gasteiger partial charge < -0.3 is 24.6 Å². The molecule has 3 aromatic rings. The summed E-state index contributed by atoms with van der Waals surface area (Å²) in [5, 5.41) is 10.5. The van der Waals surface area contributed by atoms with E-state index >= 15 is 0 Å². The molecule has 0 saturated heterocycles. The lowest BCUT2D eigenvalue weighted by Crippen LogP contribution is -2.32. The molecule has 0 unspecified atom stereocenters. The molecule has 170 valence electrons. The van der Waals surface area contributed by atoms with E-state index in [0.717, 1.165) is 29.2 Å². The first-order valence-corrected chi connectivity index (χ1v) is 10.7. The molecule has 2 aromatic carbocycles. The maximum Gasteiger partial charge on any atom is 0.248 e. The molecule has 0 bridgehead atoms. The Labute approximate surface area is 189 Å². The molecule has 0 radical (unpaired) electrons. The van der Waals surface area contributed by atoms with E-state index < -0.39 is 0 Å². The highest BCUT2D eigenvalue weighted by Crippen LogP contribution is 2.20. The van der Waals surface area contributed by atoms with Gasteiger partial charge in [0.2, 0.25) is 5.89 Å². The maximum absolute atomic E-state index is 5.71. The lowest BCUT2D eigenvalue weighted by molar-refractivity contribution is 0.242. The molecule has 8 heteroatoms. The smallest absolute Gasteiger partial charge is 0.248 e. The molecule has 1 aromatic heterocycles. The van der Waals surface area contributed by atoms with Crippen LogP contribution in [0, 0.1) is 13.8 Å². The van der Waals surface area contributed by atoms with Gasteiger partial charge in [-0.2, -0.15) is 4.98 Å². The Morgan fingerprint density at radius 3 is 2.56 bits per heavy atom. The highest BCUT2D eigenvalue weighted by Gasteiger charge is 2.07. The summed E-state index contributed by atoms with van der Waals surface area (Å²) < 4.78 is 16.4. The van der Waals surface area contributed by atoms with Gasteiger partial charge in [-0.3, -0.25) is 0 Å². The van der Waals surface area contributed by atoms with E-state index in [1.54, 1.807) is 14.0 Å². The summed E-state index contributed by atoms with van der Waals surface area (Å²) >= 11 is 0. The number of methoxy groups -OCH3 is 1. The van der Waals surface area contributed by atoms with Crippen LogP contribution in [0.5, 0.6) is 11.5 Å². The van der Waals surface area contributed by atoms with Crippen molar-refractivity contribution in [3.63, 3.8) is 0 Å². The van der Waals surface area contributed by atoms with Crippen molar-refractivity contribution in [2.75, 3.05) is 19.0 Å². The van der Waals surface area contributed by atoms with Crippen molar-refractivity contribution in [3.05, 3.63) is 65.3 Å². The number of rotatable bonds is 9. The molecule has 2 N–H and O–H groups in total. The van der Waals surface area contributed by atoms with Gasteiger partial charge in [-0.25, -0.2) is 4.99 Å². The summed E-state index contributed by atoms with van der Waals surface area (Å²) in [7, 11) is 1.69. The molecule has 0 aliphatic carbocycles. The SMILES string of the molecule is COc1ccc(C)cc1CCNC(=NCc1nc(C)no1)Nc1ccc(OC(C)C)cc1. The number of nitrogens with zero attached hydrogens (tertiary/aromatic N) is 3. The second-order valence-electron chi connectivity index (χ2n) is 7.71. The van der Waals surface area contributed by atoms with Crippen molar-refractivity contribution >= 4 is 11.6 Å². The largest absolute Gasteiger partial charge is 0.496 e. The fraction of sp³-hybridized carbons (Fsp3) is 0.375. The Hall–Kier alpha value is -3.55. The van der Waals surface area contributed by atoms with Crippen molar-refractivity contribution in [1.82, 2.24) is 15.5 Å². The van der Waals surface area contributed by atoms with Crippen LogP contribution in [0.2, 0.25) is 0 Å². The summed E-state index contributed by atoms with van der Waals surface area (Å²) in [5.74, 6) is 3.37. The molecule has 0 aliphatic rings. The van der Waals surface area contributed by atoms with Crippen LogP contribution in [-0.4, -0.2) is 35.9 Å². The van der Waals surface area contributed by atoms with Crippen molar-refractivity contribution in [3.8, 4) is 11.5 Å². The second-order valence-corrected chi connectivity index (χ2v) is 7.71. The molecule has 1 heterocycles. The molecule has 8 nitrogen and oxygen atoms in total. The molecule has 0 fully saturated rings. The quantitative estimate of drug-likeness (QED) is 0.381. The van der Waals surface area contributed by atoms with Gasteiger partial charge in [-0.15, -0.1) is 0 Å². The average molecular weight is 438 g/mol.